The summed E-state index contributed by atoms with van der Waals surface area (Å²) in [7, 11) is 0. The van der Waals surface area contributed by atoms with Crippen molar-refractivity contribution >= 4 is 17.3 Å². The van der Waals surface area contributed by atoms with Crippen molar-refractivity contribution in [2.75, 3.05) is 23.3 Å². The molecular weight excluding hydrogens is 308 g/mol. The predicted molar refractivity (Wildman–Crippen MR) is 92.7 cm³/mol. The number of anilines is 2. The van der Waals surface area contributed by atoms with E-state index in [1.54, 1.807) is 0 Å². The SMILES string of the molecule is CC1CCN(c2ccc(NC(=O)c3cc(=O)[nH]c(=O)[nH]3)cc2)CC1. The molecule has 0 saturated carbocycles. The van der Waals surface area contributed by atoms with E-state index >= 15 is 0 Å². The van der Waals surface area contributed by atoms with Crippen LogP contribution >= 0.6 is 0 Å². The molecule has 0 bridgehead atoms. The molecule has 3 N–H and O–H groups in total. The summed E-state index contributed by atoms with van der Waals surface area (Å²) in [5, 5.41) is 2.67. The van der Waals surface area contributed by atoms with E-state index in [9.17, 15) is 14.4 Å². The second-order valence-electron chi connectivity index (χ2n) is 6.17. The smallest absolute Gasteiger partial charge is 0.326 e. The van der Waals surface area contributed by atoms with Gasteiger partial charge in [-0.1, -0.05) is 6.92 Å². The number of nitrogens with one attached hydrogen (secondary N) is 3. The molecule has 24 heavy (non-hydrogen) atoms. The highest BCUT2D eigenvalue weighted by molar-refractivity contribution is 6.02. The molecule has 3 rings (SSSR count). The van der Waals surface area contributed by atoms with Gasteiger partial charge in [-0.3, -0.25) is 14.6 Å². The fourth-order valence-corrected chi connectivity index (χ4v) is 2.81. The highest BCUT2D eigenvalue weighted by Gasteiger charge is 2.16. The first-order chi connectivity index (χ1) is 11.5. The van der Waals surface area contributed by atoms with Crippen molar-refractivity contribution in [3.63, 3.8) is 0 Å². The number of aromatic nitrogens is 2. The molecule has 126 valence electrons. The minimum Gasteiger partial charge on any atom is -0.372 e. The molecule has 1 aromatic carbocycles. The lowest BCUT2D eigenvalue weighted by molar-refractivity contribution is 0.102. The topological polar surface area (TPSA) is 98.1 Å². The van der Waals surface area contributed by atoms with Gasteiger partial charge < -0.3 is 15.2 Å². The lowest BCUT2D eigenvalue weighted by Gasteiger charge is -2.32. The average Bonchev–Trinajstić information content (AvgIpc) is 2.55. The Labute approximate surface area is 138 Å². The van der Waals surface area contributed by atoms with Crippen LogP contribution in [0.3, 0.4) is 0 Å². The number of carbonyl (C=O) groups is 1. The highest BCUT2D eigenvalue weighted by Crippen LogP contribution is 2.24. The molecule has 1 fully saturated rings. The standard InChI is InChI=1S/C17H20N4O3/c1-11-6-8-21(9-7-11)13-4-2-12(3-5-13)18-16(23)14-10-15(22)20-17(24)19-14/h2-5,10-11H,6-9H2,1H3,(H,18,23)(H2,19,20,22,24). The van der Waals surface area contributed by atoms with Crippen LogP contribution in [0, 0.1) is 5.92 Å². The van der Waals surface area contributed by atoms with Crippen LogP contribution in [0.5, 0.6) is 0 Å². The van der Waals surface area contributed by atoms with Gasteiger partial charge in [0.15, 0.2) is 0 Å². The summed E-state index contributed by atoms with van der Waals surface area (Å²) in [6.45, 7) is 4.36. The summed E-state index contributed by atoms with van der Waals surface area (Å²) in [6, 6.07) is 8.62. The number of amides is 1. The second kappa shape index (κ2) is 6.74. The molecule has 2 aromatic rings. The first-order valence-corrected chi connectivity index (χ1v) is 8.01. The van der Waals surface area contributed by atoms with Gasteiger partial charge in [0.25, 0.3) is 11.5 Å². The van der Waals surface area contributed by atoms with Crippen LogP contribution in [0.4, 0.5) is 11.4 Å². The molecule has 1 saturated heterocycles. The van der Waals surface area contributed by atoms with Crippen molar-refractivity contribution < 1.29 is 4.79 Å². The number of H-pyrrole nitrogens is 2. The number of aromatic amines is 2. The molecule has 1 amide bonds. The lowest BCUT2D eigenvalue weighted by atomic mass is 9.99. The Bertz CT molecular complexity index is 802. The largest absolute Gasteiger partial charge is 0.372 e. The van der Waals surface area contributed by atoms with Crippen LogP contribution in [0.2, 0.25) is 0 Å². The van der Waals surface area contributed by atoms with Crippen LogP contribution in [0.1, 0.15) is 30.3 Å². The number of benzene rings is 1. The van der Waals surface area contributed by atoms with Crippen LogP contribution in [-0.2, 0) is 0 Å². The summed E-state index contributed by atoms with van der Waals surface area (Å²) in [5.74, 6) is 0.244. The van der Waals surface area contributed by atoms with Gasteiger partial charge in [0, 0.05) is 30.5 Å². The zero-order valence-corrected chi connectivity index (χ0v) is 13.5. The molecule has 0 radical (unpaired) electrons. The first-order valence-electron chi connectivity index (χ1n) is 8.01. The number of piperidine rings is 1. The van der Waals surface area contributed by atoms with Crippen molar-refractivity contribution in [2.24, 2.45) is 5.92 Å². The second-order valence-corrected chi connectivity index (χ2v) is 6.17. The highest BCUT2D eigenvalue weighted by atomic mass is 16.2. The van der Waals surface area contributed by atoms with Gasteiger partial charge in [0.2, 0.25) is 0 Å². The van der Waals surface area contributed by atoms with Crippen molar-refractivity contribution in [1.29, 1.82) is 0 Å². The van der Waals surface area contributed by atoms with Gasteiger partial charge in [-0.15, -0.1) is 0 Å². The minimum absolute atomic E-state index is 0.0714. The van der Waals surface area contributed by atoms with Crippen LogP contribution in [0.15, 0.2) is 39.9 Å². The summed E-state index contributed by atoms with van der Waals surface area (Å²) in [5.41, 5.74) is 0.346. The van der Waals surface area contributed by atoms with E-state index in [2.05, 4.69) is 22.1 Å². The van der Waals surface area contributed by atoms with E-state index in [0.717, 1.165) is 30.8 Å². The molecule has 1 aliphatic rings. The van der Waals surface area contributed by atoms with Gasteiger partial charge in [-0.2, -0.15) is 0 Å². The normalized spacial score (nSPS) is 15.3. The van der Waals surface area contributed by atoms with E-state index in [1.807, 2.05) is 29.2 Å². The Morgan fingerprint density at radius 2 is 1.79 bits per heavy atom. The third kappa shape index (κ3) is 3.73. The van der Waals surface area contributed by atoms with Crippen LogP contribution < -0.4 is 21.5 Å². The number of carbonyl (C=O) groups excluding carboxylic acids is 1. The van der Waals surface area contributed by atoms with Crippen molar-refractivity contribution in [3.8, 4) is 0 Å². The zero-order valence-electron chi connectivity index (χ0n) is 13.5. The van der Waals surface area contributed by atoms with Crippen molar-refractivity contribution in [2.45, 2.75) is 19.8 Å². The average molecular weight is 328 g/mol. The first kappa shape index (κ1) is 16.0. The molecule has 7 heteroatoms. The summed E-state index contributed by atoms with van der Waals surface area (Å²) in [4.78, 5) is 41.2. The van der Waals surface area contributed by atoms with Gasteiger partial charge in [0.05, 0.1) is 0 Å². The lowest BCUT2D eigenvalue weighted by Crippen LogP contribution is -2.32. The molecule has 0 unspecified atom stereocenters. The monoisotopic (exact) mass is 328 g/mol. The quantitative estimate of drug-likeness (QED) is 0.796. The van der Waals surface area contributed by atoms with E-state index in [4.69, 9.17) is 0 Å². The Morgan fingerprint density at radius 3 is 2.42 bits per heavy atom. The maximum absolute atomic E-state index is 12.1. The zero-order chi connectivity index (χ0) is 17.1. The fourth-order valence-electron chi connectivity index (χ4n) is 2.81. The van der Waals surface area contributed by atoms with Gasteiger partial charge in [-0.05, 0) is 43.0 Å². The third-order valence-electron chi connectivity index (χ3n) is 4.28. The Hall–Kier alpha value is -2.83. The molecule has 7 nitrogen and oxygen atoms in total. The van der Waals surface area contributed by atoms with Crippen LogP contribution in [-0.4, -0.2) is 29.0 Å². The van der Waals surface area contributed by atoms with Gasteiger partial charge in [0.1, 0.15) is 5.69 Å². The summed E-state index contributed by atoms with van der Waals surface area (Å²) < 4.78 is 0. The summed E-state index contributed by atoms with van der Waals surface area (Å²) >= 11 is 0. The molecule has 1 aliphatic heterocycles. The molecule has 2 heterocycles. The Balaban J connectivity index is 1.68. The predicted octanol–water partition coefficient (Wildman–Crippen LogP) is 1.55. The van der Waals surface area contributed by atoms with Crippen molar-refractivity contribution in [1.82, 2.24) is 9.97 Å². The van der Waals surface area contributed by atoms with Gasteiger partial charge in [-0.25, -0.2) is 4.79 Å². The Kier molecular flexibility index (Phi) is 4.50. The molecule has 0 atom stereocenters. The molecule has 0 spiro atoms. The Morgan fingerprint density at radius 1 is 1.12 bits per heavy atom. The minimum atomic E-state index is -0.706. The fraction of sp³-hybridized carbons (Fsp3) is 0.353. The maximum Gasteiger partial charge on any atom is 0.326 e. The van der Waals surface area contributed by atoms with E-state index in [1.165, 1.54) is 12.8 Å². The third-order valence-corrected chi connectivity index (χ3v) is 4.28. The number of nitrogens with zero attached hydrogens (tertiary/aromatic N) is 1. The maximum atomic E-state index is 12.1. The van der Waals surface area contributed by atoms with Crippen LogP contribution in [0.25, 0.3) is 0 Å². The molecule has 0 aliphatic carbocycles. The van der Waals surface area contributed by atoms with Gasteiger partial charge >= 0.3 is 5.69 Å². The number of hydrogen-bond acceptors (Lipinski definition) is 4. The molecule has 1 aromatic heterocycles. The van der Waals surface area contributed by atoms with E-state index < -0.39 is 17.2 Å². The number of hydrogen-bond donors (Lipinski definition) is 3. The summed E-state index contributed by atoms with van der Waals surface area (Å²) in [6.07, 6.45) is 2.38. The van der Waals surface area contributed by atoms with Crippen molar-refractivity contribution in [3.05, 3.63) is 56.9 Å². The number of rotatable bonds is 3. The van der Waals surface area contributed by atoms with E-state index in [-0.39, 0.29) is 5.69 Å². The van der Waals surface area contributed by atoms with E-state index in [0.29, 0.717) is 5.69 Å². The molecular formula is C17H20N4O3.